The van der Waals surface area contributed by atoms with Crippen LogP contribution in [0.25, 0.3) is 0 Å². The molecule has 0 radical (unpaired) electrons. The normalized spacial score (nSPS) is 17.7. The average molecular weight is 304 g/mol. The quantitative estimate of drug-likeness (QED) is 0.886. The molecule has 0 amide bonds. The molecular formula is C17H24N2OS. The van der Waals surface area contributed by atoms with Crippen LogP contribution in [0.15, 0.2) is 35.8 Å². The lowest BCUT2D eigenvalue weighted by molar-refractivity contribution is 0.0140. The lowest BCUT2D eigenvalue weighted by atomic mass is 10.0. The van der Waals surface area contributed by atoms with Gasteiger partial charge in [0.15, 0.2) is 0 Å². The first kappa shape index (κ1) is 14.8. The number of thiophene rings is 1. The first-order valence-corrected chi connectivity index (χ1v) is 8.60. The molecule has 0 bridgehead atoms. The molecule has 0 atom stereocenters. The van der Waals surface area contributed by atoms with Crippen molar-refractivity contribution in [1.82, 2.24) is 9.47 Å². The molecule has 0 saturated heterocycles. The maximum atomic E-state index is 10.5. The van der Waals surface area contributed by atoms with Crippen LogP contribution in [0.4, 0.5) is 0 Å². The van der Waals surface area contributed by atoms with Crippen LogP contribution in [-0.4, -0.2) is 33.8 Å². The Hall–Kier alpha value is -1.10. The van der Waals surface area contributed by atoms with Gasteiger partial charge in [-0.15, -0.1) is 11.3 Å². The molecule has 0 unspecified atom stereocenters. The topological polar surface area (TPSA) is 28.4 Å². The van der Waals surface area contributed by atoms with Gasteiger partial charge in [0, 0.05) is 29.9 Å². The van der Waals surface area contributed by atoms with Crippen LogP contribution < -0.4 is 0 Å². The first-order chi connectivity index (χ1) is 10.1. The van der Waals surface area contributed by atoms with E-state index in [1.807, 2.05) is 0 Å². The maximum absolute atomic E-state index is 10.5. The minimum Gasteiger partial charge on any atom is -0.389 e. The predicted octanol–water partition coefficient (Wildman–Crippen LogP) is 3.33. The molecule has 2 aromatic heterocycles. The number of hydrogen-bond donors (Lipinski definition) is 1. The summed E-state index contributed by atoms with van der Waals surface area (Å²) in [6.07, 6.45) is 6.38. The fourth-order valence-corrected chi connectivity index (χ4v) is 4.05. The molecule has 2 heterocycles. The van der Waals surface area contributed by atoms with Crippen molar-refractivity contribution >= 4 is 11.3 Å². The molecule has 2 aromatic rings. The Kier molecular flexibility index (Phi) is 4.48. The molecule has 3 nitrogen and oxygen atoms in total. The highest BCUT2D eigenvalue weighted by Crippen LogP contribution is 2.30. The van der Waals surface area contributed by atoms with Crippen LogP contribution >= 0.6 is 11.3 Å². The van der Waals surface area contributed by atoms with Crippen molar-refractivity contribution in [3.05, 3.63) is 46.4 Å². The number of aliphatic hydroxyl groups is 1. The predicted molar refractivity (Wildman–Crippen MR) is 87.6 cm³/mol. The number of rotatable bonds is 6. The van der Waals surface area contributed by atoms with Crippen molar-refractivity contribution in [3.8, 4) is 0 Å². The molecule has 1 aliphatic rings. The lowest BCUT2D eigenvalue weighted by Gasteiger charge is -2.28. The fourth-order valence-electron chi connectivity index (χ4n) is 3.34. The Bertz CT molecular complexity index is 555. The van der Waals surface area contributed by atoms with Crippen molar-refractivity contribution in [1.29, 1.82) is 0 Å². The summed E-state index contributed by atoms with van der Waals surface area (Å²) in [5, 5.41) is 12.6. The standard InChI is InChI=1S/C17H24N2OS/c1-18(14-17(20)8-2-3-9-17)12-15-6-4-10-19(15)13-16-7-5-11-21-16/h4-7,10-11,20H,2-3,8-9,12-14H2,1H3. The molecule has 0 aromatic carbocycles. The van der Waals surface area contributed by atoms with Crippen LogP contribution in [0, 0.1) is 0 Å². The van der Waals surface area contributed by atoms with E-state index in [4.69, 9.17) is 0 Å². The van der Waals surface area contributed by atoms with E-state index in [1.165, 1.54) is 23.4 Å². The van der Waals surface area contributed by atoms with Crippen LogP contribution in [-0.2, 0) is 13.1 Å². The second-order valence-electron chi connectivity index (χ2n) is 6.31. The molecule has 1 fully saturated rings. The summed E-state index contributed by atoms with van der Waals surface area (Å²) < 4.78 is 2.31. The van der Waals surface area contributed by atoms with Crippen LogP contribution in [0.3, 0.4) is 0 Å². The van der Waals surface area contributed by atoms with E-state index < -0.39 is 5.60 Å². The molecule has 114 valence electrons. The summed E-state index contributed by atoms with van der Waals surface area (Å²) in [5.74, 6) is 0. The lowest BCUT2D eigenvalue weighted by Crippen LogP contribution is -2.39. The smallest absolute Gasteiger partial charge is 0.0774 e. The average Bonchev–Trinajstić information content (AvgIpc) is 3.15. The summed E-state index contributed by atoms with van der Waals surface area (Å²) in [6, 6.07) is 8.58. The molecule has 1 N–H and O–H groups in total. The van der Waals surface area contributed by atoms with Crippen LogP contribution in [0.2, 0.25) is 0 Å². The Morgan fingerprint density at radius 2 is 2.10 bits per heavy atom. The second-order valence-corrected chi connectivity index (χ2v) is 7.34. The van der Waals surface area contributed by atoms with Gasteiger partial charge in [0.25, 0.3) is 0 Å². The molecule has 1 aliphatic carbocycles. The van der Waals surface area contributed by atoms with Gasteiger partial charge in [0.2, 0.25) is 0 Å². The number of hydrogen-bond acceptors (Lipinski definition) is 3. The van der Waals surface area contributed by atoms with Crippen molar-refractivity contribution in [2.75, 3.05) is 13.6 Å². The number of likely N-dealkylation sites (N-methyl/N-ethyl adjacent to an activating group) is 1. The summed E-state index contributed by atoms with van der Waals surface area (Å²) in [7, 11) is 2.11. The van der Waals surface area contributed by atoms with E-state index in [9.17, 15) is 5.11 Å². The van der Waals surface area contributed by atoms with Gasteiger partial charge in [-0.2, -0.15) is 0 Å². The minimum absolute atomic E-state index is 0.458. The zero-order chi connectivity index (χ0) is 14.7. The van der Waals surface area contributed by atoms with E-state index in [2.05, 4.69) is 52.4 Å². The molecular weight excluding hydrogens is 280 g/mol. The summed E-state index contributed by atoms with van der Waals surface area (Å²) in [4.78, 5) is 3.63. The zero-order valence-electron chi connectivity index (χ0n) is 12.7. The largest absolute Gasteiger partial charge is 0.389 e. The molecule has 0 spiro atoms. The minimum atomic E-state index is -0.458. The fraction of sp³-hybridized carbons (Fsp3) is 0.529. The van der Waals surface area contributed by atoms with Gasteiger partial charge in [-0.25, -0.2) is 0 Å². The van der Waals surface area contributed by atoms with Crippen molar-refractivity contribution in [2.45, 2.75) is 44.4 Å². The summed E-state index contributed by atoms with van der Waals surface area (Å²) in [6.45, 7) is 2.61. The number of nitrogens with zero attached hydrogens (tertiary/aromatic N) is 2. The highest BCUT2D eigenvalue weighted by molar-refractivity contribution is 7.09. The van der Waals surface area contributed by atoms with E-state index >= 15 is 0 Å². The highest BCUT2D eigenvalue weighted by Gasteiger charge is 2.32. The third-order valence-electron chi connectivity index (χ3n) is 4.36. The Labute approximate surface area is 130 Å². The molecule has 0 aliphatic heterocycles. The van der Waals surface area contributed by atoms with Gasteiger partial charge in [0.05, 0.1) is 12.1 Å². The Morgan fingerprint density at radius 1 is 1.29 bits per heavy atom. The number of aromatic nitrogens is 1. The van der Waals surface area contributed by atoms with Gasteiger partial charge in [-0.3, -0.25) is 4.90 Å². The van der Waals surface area contributed by atoms with E-state index in [0.717, 1.165) is 32.5 Å². The van der Waals surface area contributed by atoms with Crippen LogP contribution in [0.5, 0.6) is 0 Å². The van der Waals surface area contributed by atoms with Crippen molar-refractivity contribution in [2.24, 2.45) is 0 Å². The van der Waals surface area contributed by atoms with Gasteiger partial charge in [-0.1, -0.05) is 18.9 Å². The first-order valence-electron chi connectivity index (χ1n) is 7.72. The molecule has 1 saturated carbocycles. The maximum Gasteiger partial charge on any atom is 0.0774 e. The highest BCUT2D eigenvalue weighted by atomic mass is 32.1. The summed E-state index contributed by atoms with van der Waals surface area (Å²) in [5.41, 5.74) is 0.854. The van der Waals surface area contributed by atoms with E-state index in [0.29, 0.717) is 0 Å². The van der Waals surface area contributed by atoms with Gasteiger partial charge < -0.3 is 9.67 Å². The van der Waals surface area contributed by atoms with Gasteiger partial charge in [0.1, 0.15) is 0 Å². The third kappa shape index (κ3) is 3.76. The van der Waals surface area contributed by atoms with E-state index in [-0.39, 0.29) is 0 Å². The Balaban J connectivity index is 1.61. The van der Waals surface area contributed by atoms with Gasteiger partial charge >= 0.3 is 0 Å². The Morgan fingerprint density at radius 3 is 2.81 bits per heavy atom. The SMILES string of the molecule is CN(Cc1cccn1Cc1cccs1)CC1(O)CCCC1. The summed E-state index contributed by atoms with van der Waals surface area (Å²) >= 11 is 1.80. The van der Waals surface area contributed by atoms with Crippen molar-refractivity contribution < 1.29 is 5.11 Å². The molecule has 3 rings (SSSR count). The van der Waals surface area contributed by atoms with Crippen LogP contribution in [0.1, 0.15) is 36.3 Å². The molecule has 21 heavy (non-hydrogen) atoms. The van der Waals surface area contributed by atoms with E-state index in [1.54, 1.807) is 11.3 Å². The van der Waals surface area contributed by atoms with Crippen molar-refractivity contribution in [3.63, 3.8) is 0 Å². The molecule has 4 heteroatoms. The monoisotopic (exact) mass is 304 g/mol. The second kappa shape index (κ2) is 6.34. The van der Waals surface area contributed by atoms with Gasteiger partial charge in [-0.05, 0) is 43.5 Å². The third-order valence-corrected chi connectivity index (χ3v) is 5.22. The zero-order valence-corrected chi connectivity index (χ0v) is 13.5.